The van der Waals surface area contributed by atoms with Crippen molar-refractivity contribution in [3.63, 3.8) is 0 Å². The van der Waals surface area contributed by atoms with Crippen LogP contribution in [0.2, 0.25) is 0 Å². The maximum absolute atomic E-state index is 10.2. The van der Waals surface area contributed by atoms with Gasteiger partial charge < -0.3 is 20.1 Å². The first-order valence-electron chi connectivity index (χ1n) is 8.57. The summed E-state index contributed by atoms with van der Waals surface area (Å²) in [5, 5.41) is 28.3. The molecule has 2 aliphatic carbocycles. The highest BCUT2D eigenvalue weighted by Crippen LogP contribution is 2.63. The zero-order chi connectivity index (χ0) is 16.4. The maximum atomic E-state index is 10.2. The van der Waals surface area contributed by atoms with Crippen LogP contribution in [0, 0.1) is 16.7 Å². The summed E-state index contributed by atoms with van der Waals surface area (Å²) >= 11 is 0. The predicted molar refractivity (Wildman–Crippen MR) is 85.6 cm³/mol. The van der Waals surface area contributed by atoms with Gasteiger partial charge in [0.1, 0.15) is 0 Å². The normalized spacial score (nSPS) is 34.5. The Kier molecular flexibility index (Phi) is 5.89. The minimum absolute atomic E-state index is 0.0307. The van der Waals surface area contributed by atoms with Crippen molar-refractivity contribution in [1.82, 2.24) is 4.90 Å². The minimum atomic E-state index is -0.586. The number of ether oxygens (including phenoxy) is 1. The van der Waals surface area contributed by atoms with E-state index in [0.29, 0.717) is 26.2 Å². The molecule has 5 nitrogen and oxygen atoms in total. The monoisotopic (exact) mass is 315 g/mol. The summed E-state index contributed by atoms with van der Waals surface area (Å²) in [5.74, 6) is 0.736. The topological polar surface area (TPSA) is 73.2 Å². The summed E-state index contributed by atoms with van der Waals surface area (Å²) in [7, 11) is 0. The lowest BCUT2D eigenvalue weighted by Crippen LogP contribution is -2.45. The van der Waals surface area contributed by atoms with E-state index in [1.165, 1.54) is 19.3 Å². The second-order valence-corrected chi connectivity index (χ2v) is 8.03. The van der Waals surface area contributed by atoms with E-state index < -0.39 is 6.10 Å². The van der Waals surface area contributed by atoms with Gasteiger partial charge in [-0.1, -0.05) is 20.8 Å². The molecule has 2 saturated carbocycles. The average Bonchev–Trinajstić information content (AvgIpc) is 2.90. The fourth-order valence-electron chi connectivity index (χ4n) is 4.81. The zero-order valence-electron chi connectivity index (χ0n) is 14.3. The molecule has 0 spiro atoms. The Balaban J connectivity index is 1.84. The molecule has 0 saturated heterocycles. The number of aliphatic hydroxyl groups is 3. The number of nitrogens with zero attached hydrogens (tertiary/aromatic N) is 1. The predicted octanol–water partition coefficient (Wildman–Crippen LogP) is 0.865. The van der Waals surface area contributed by atoms with Crippen LogP contribution in [0.25, 0.3) is 0 Å². The van der Waals surface area contributed by atoms with E-state index in [9.17, 15) is 5.11 Å². The Morgan fingerprint density at radius 3 is 2.32 bits per heavy atom. The molecule has 2 aliphatic rings. The van der Waals surface area contributed by atoms with Crippen molar-refractivity contribution in [2.45, 2.75) is 52.2 Å². The highest BCUT2D eigenvalue weighted by molar-refractivity contribution is 5.09. The molecule has 0 amide bonds. The van der Waals surface area contributed by atoms with Crippen LogP contribution in [0.1, 0.15) is 40.0 Å². The first-order chi connectivity index (χ1) is 10.3. The fraction of sp³-hybridized carbons (Fsp3) is 1.00. The molecule has 2 rings (SSSR count). The van der Waals surface area contributed by atoms with Crippen LogP contribution in [0.15, 0.2) is 0 Å². The molecule has 0 radical (unpaired) electrons. The van der Waals surface area contributed by atoms with E-state index in [1.54, 1.807) is 0 Å². The summed E-state index contributed by atoms with van der Waals surface area (Å²) in [6.45, 7) is 8.65. The highest BCUT2D eigenvalue weighted by atomic mass is 16.5. The van der Waals surface area contributed by atoms with E-state index in [4.69, 9.17) is 14.9 Å². The second-order valence-electron chi connectivity index (χ2n) is 8.03. The van der Waals surface area contributed by atoms with Gasteiger partial charge in [-0.25, -0.2) is 0 Å². The van der Waals surface area contributed by atoms with Crippen LogP contribution in [0.4, 0.5) is 0 Å². The van der Waals surface area contributed by atoms with E-state index in [1.807, 2.05) is 4.90 Å². The van der Waals surface area contributed by atoms with Gasteiger partial charge >= 0.3 is 0 Å². The van der Waals surface area contributed by atoms with Gasteiger partial charge in [0.25, 0.3) is 0 Å². The molecular formula is C17H33NO4. The first-order valence-corrected chi connectivity index (χ1v) is 8.57. The van der Waals surface area contributed by atoms with E-state index >= 15 is 0 Å². The molecule has 130 valence electrons. The smallest absolute Gasteiger partial charge is 0.0900 e. The first kappa shape index (κ1) is 18.1. The SMILES string of the molecule is CC1(C)[C@H]2CC[C@](C)(C2)[C@H]1OC[C@@H](O)CN(CCO)CCO. The molecule has 4 atom stereocenters. The number of aliphatic hydroxyl groups excluding tert-OH is 3. The molecular weight excluding hydrogens is 282 g/mol. The van der Waals surface area contributed by atoms with E-state index in [0.717, 1.165) is 5.92 Å². The highest BCUT2D eigenvalue weighted by Gasteiger charge is 2.60. The van der Waals surface area contributed by atoms with Gasteiger partial charge in [-0.3, -0.25) is 4.90 Å². The third-order valence-corrected chi connectivity index (χ3v) is 5.89. The zero-order valence-corrected chi connectivity index (χ0v) is 14.3. The van der Waals surface area contributed by atoms with Crippen LogP contribution in [-0.4, -0.2) is 71.9 Å². The Hall–Kier alpha value is -0.200. The maximum Gasteiger partial charge on any atom is 0.0900 e. The van der Waals surface area contributed by atoms with Gasteiger partial charge in [0.15, 0.2) is 0 Å². The van der Waals surface area contributed by atoms with Crippen molar-refractivity contribution in [1.29, 1.82) is 0 Å². The van der Waals surface area contributed by atoms with E-state index in [-0.39, 0.29) is 30.1 Å². The number of rotatable bonds is 9. The van der Waals surface area contributed by atoms with Gasteiger partial charge in [0.2, 0.25) is 0 Å². The lowest BCUT2D eigenvalue weighted by atomic mass is 9.70. The fourth-order valence-corrected chi connectivity index (χ4v) is 4.81. The molecule has 22 heavy (non-hydrogen) atoms. The van der Waals surface area contributed by atoms with Crippen molar-refractivity contribution in [3.05, 3.63) is 0 Å². The van der Waals surface area contributed by atoms with Gasteiger partial charge in [0.05, 0.1) is 32.0 Å². The molecule has 5 heteroatoms. The second kappa shape index (κ2) is 7.14. The third-order valence-electron chi connectivity index (χ3n) is 5.89. The van der Waals surface area contributed by atoms with Crippen LogP contribution in [0.5, 0.6) is 0 Å². The van der Waals surface area contributed by atoms with Crippen molar-refractivity contribution in [3.8, 4) is 0 Å². The largest absolute Gasteiger partial charge is 0.395 e. The van der Waals surface area contributed by atoms with Gasteiger partial charge in [-0.2, -0.15) is 0 Å². The molecule has 2 fully saturated rings. The molecule has 0 aliphatic heterocycles. The average molecular weight is 315 g/mol. The quantitative estimate of drug-likeness (QED) is 0.589. The molecule has 0 unspecified atom stereocenters. The van der Waals surface area contributed by atoms with E-state index in [2.05, 4.69) is 20.8 Å². The van der Waals surface area contributed by atoms with Crippen molar-refractivity contribution in [2.75, 3.05) is 39.5 Å². The van der Waals surface area contributed by atoms with Crippen molar-refractivity contribution >= 4 is 0 Å². The Morgan fingerprint density at radius 2 is 1.82 bits per heavy atom. The van der Waals surface area contributed by atoms with Crippen molar-refractivity contribution in [2.24, 2.45) is 16.7 Å². The third kappa shape index (κ3) is 3.65. The molecule has 0 heterocycles. The summed E-state index contributed by atoms with van der Waals surface area (Å²) in [6, 6.07) is 0. The molecule has 2 bridgehead atoms. The van der Waals surface area contributed by atoms with Gasteiger partial charge in [0, 0.05) is 19.6 Å². The molecule has 0 aromatic carbocycles. The Bertz CT molecular complexity index is 352. The molecule has 0 aromatic heterocycles. The van der Waals surface area contributed by atoms with Gasteiger partial charge in [-0.05, 0) is 36.0 Å². The summed E-state index contributed by atoms with van der Waals surface area (Å²) in [5.41, 5.74) is 0.437. The summed E-state index contributed by atoms with van der Waals surface area (Å²) < 4.78 is 6.17. The Morgan fingerprint density at radius 1 is 1.18 bits per heavy atom. The van der Waals surface area contributed by atoms with Crippen LogP contribution >= 0.6 is 0 Å². The molecule has 3 N–H and O–H groups in total. The van der Waals surface area contributed by atoms with Crippen molar-refractivity contribution < 1.29 is 20.1 Å². The lowest BCUT2D eigenvalue weighted by molar-refractivity contribution is -0.113. The van der Waals surface area contributed by atoms with Crippen LogP contribution < -0.4 is 0 Å². The minimum Gasteiger partial charge on any atom is -0.395 e. The lowest BCUT2D eigenvalue weighted by Gasteiger charge is -2.42. The van der Waals surface area contributed by atoms with Crippen LogP contribution in [-0.2, 0) is 4.74 Å². The summed E-state index contributed by atoms with van der Waals surface area (Å²) in [4.78, 5) is 1.86. The number of hydrogen-bond donors (Lipinski definition) is 3. The van der Waals surface area contributed by atoms with Gasteiger partial charge in [-0.15, -0.1) is 0 Å². The summed E-state index contributed by atoms with van der Waals surface area (Å²) in [6.07, 6.45) is 3.38. The standard InChI is InChI=1S/C17H33NO4/c1-16(2)13-4-5-17(3,10-13)15(16)22-12-14(21)11-18(6-8-19)7-9-20/h13-15,19-21H,4-12H2,1-3H3/t13-,14-,15-,17+/m0/s1. The molecule has 0 aromatic rings. The Labute approximate surface area is 134 Å². The number of hydrogen-bond acceptors (Lipinski definition) is 5. The number of fused-ring (bicyclic) bond motifs is 2. The van der Waals surface area contributed by atoms with Crippen LogP contribution in [0.3, 0.4) is 0 Å².